The fourth-order valence-electron chi connectivity index (χ4n) is 1.11. The van der Waals surface area contributed by atoms with Crippen LogP contribution in [-0.4, -0.2) is 40.5 Å². The Morgan fingerprint density at radius 1 is 1.33 bits per heavy atom. The molecule has 12 heavy (non-hydrogen) atoms. The van der Waals surface area contributed by atoms with Gasteiger partial charge < -0.3 is 18.9 Å². The molecule has 0 radical (unpaired) electrons. The maximum atomic E-state index is 5.24. The maximum absolute atomic E-state index is 5.24. The van der Waals surface area contributed by atoms with Gasteiger partial charge in [-0.3, -0.25) is 0 Å². The molecule has 0 aromatic carbocycles. The summed E-state index contributed by atoms with van der Waals surface area (Å²) in [5, 5.41) is 0. The molecule has 0 aliphatic carbocycles. The van der Waals surface area contributed by atoms with Gasteiger partial charge in [-0.15, -0.1) is 0 Å². The normalized spacial score (nSPS) is 23.2. The fourth-order valence-corrected chi connectivity index (χ4v) is 1.11. The summed E-state index contributed by atoms with van der Waals surface area (Å²) in [5.41, 5.74) is 0. The number of hydrogen-bond donors (Lipinski definition) is 0. The molecule has 1 saturated heterocycles. The summed E-state index contributed by atoms with van der Waals surface area (Å²) < 4.78 is 20.1. The molecule has 72 valence electrons. The van der Waals surface area contributed by atoms with Gasteiger partial charge in [0.1, 0.15) is 13.6 Å². The first-order valence-electron chi connectivity index (χ1n) is 4.15. The summed E-state index contributed by atoms with van der Waals surface area (Å²) >= 11 is 0. The topological polar surface area (TPSA) is 36.9 Å². The van der Waals surface area contributed by atoms with Crippen LogP contribution in [-0.2, 0) is 18.9 Å². The van der Waals surface area contributed by atoms with Crippen molar-refractivity contribution < 1.29 is 18.9 Å². The van der Waals surface area contributed by atoms with E-state index in [2.05, 4.69) is 4.74 Å². The van der Waals surface area contributed by atoms with E-state index in [0.29, 0.717) is 19.5 Å². The minimum absolute atomic E-state index is 0.293. The Labute approximate surface area is 72.7 Å². The lowest BCUT2D eigenvalue weighted by Gasteiger charge is -2.08. The van der Waals surface area contributed by atoms with Crippen molar-refractivity contribution in [2.45, 2.75) is 6.42 Å². The van der Waals surface area contributed by atoms with Crippen LogP contribution in [0.4, 0.5) is 0 Å². The van der Waals surface area contributed by atoms with E-state index in [9.17, 15) is 0 Å². The second-order valence-corrected chi connectivity index (χ2v) is 2.83. The standard InChI is InChI=1S/C8H16O4/c1-9-6-12-7-11-5-8-2-3-10-4-8/h8H,2-7H2,1H3. The highest BCUT2D eigenvalue weighted by Crippen LogP contribution is 2.11. The van der Waals surface area contributed by atoms with Gasteiger partial charge in [0, 0.05) is 19.6 Å². The zero-order valence-electron chi connectivity index (χ0n) is 7.45. The van der Waals surface area contributed by atoms with Crippen molar-refractivity contribution in [2.75, 3.05) is 40.5 Å². The number of methoxy groups -OCH3 is 1. The highest BCUT2D eigenvalue weighted by molar-refractivity contribution is 4.62. The number of rotatable bonds is 6. The van der Waals surface area contributed by atoms with E-state index in [-0.39, 0.29) is 0 Å². The van der Waals surface area contributed by atoms with Crippen LogP contribution in [0.1, 0.15) is 6.42 Å². The molecule has 0 N–H and O–H groups in total. The summed E-state index contributed by atoms with van der Waals surface area (Å²) in [6, 6.07) is 0. The molecule has 0 spiro atoms. The third kappa shape index (κ3) is 4.01. The molecule has 1 rings (SSSR count). The van der Waals surface area contributed by atoms with Crippen molar-refractivity contribution in [1.82, 2.24) is 0 Å². The molecular formula is C8H16O4. The predicted octanol–water partition coefficient (Wildman–Crippen LogP) is 0.618. The summed E-state index contributed by atoms with van der Waals surface area (Å²) in [4.78, 5) is 0. The van der Waals surface area contributed by atoms with Crippen molar-refractivity contribution in [2.24, 2.45) is 5.92 Å². The van der Waals surface area contributed by atoms with Crippen LogP contribution < -0.4 is 0 Å². The quantitative estimate of drug-likeness (QED) is 0.439. The van der Waals surface area contributed by atoms with E-state index >= 15 is 0 Å². The van der Waals surface area contributed by atoms with Crippen LogP contribution in [0.2, 0.25) is 0 Å². The SMILES string of the molecule is COCOCOCC1CCOC1. The van der Waals surface area contributed by atoms with Crippen LogP contribution in [0.25, 0.3) is 0 Å². The van der Waals surface area contributed by atoms with Crippen LogP contribution >= 0.6 is 0 Å². The lowest BCUT2D eigenvalue weighted by atomic mass is 10.1. The number of hydrogen-bond acceptors (Lipinski definition) is 4. The fraction of sp³-hybridized carbons (Fsp3) is 1.00. The first-order valence-corrected chi connectivity index (χ1v) is 4.15. The van der Waals surface area contributed by atoms with Crippen molar-refractivity contribution in [3.05, 3.63) is 0 Å². The zero-order chi connectivity index (χ0) is 8.65. The van der Waals surface area contributed by atoms with E-state index in [0.717, 1.165) is 26.2 Å². The van der Waals surface area contributed by atoms with E-state index in [4.69, 9.17) is 14.2 Å². The largest absolute Gasteiger partial charge is 0.381 e. The second kappa shape index (κ2) is 6.37. The van der Waals surface area contributed by atoms with E-state index < -0.39 is 0 Å². The molecule has 1 aliphatic rings. The third-order valence-electron chi connectivity index (χ3n) is 1.75. The lowest BCUT2D eigenvalue weighted by Crippen LogP contribution is -2.11. The van der Waals surface area contributed by atoms with E-state index in [1.165, 1.54) is 0 Å². The molecule has 1 atom stereocenters. The summed E-state index contributed by atoms with van der Waals surface area (Å²) in [6.45, 7) is 3.02. The van der Waals surface area contributed by atoms with Crippen molar-refractivity contribution in [3.8, 4) is 0 Å². The van der Waals surface area contributed by atoms with Gasteiger partial charge in [0.05, 0.1) is 13.2 Å². The average Bonchev–Trinajstić information content (AvgIpc) is 2.57. The van der Waals surface area contributed by atoms with Crippen molar-refractivity contribution in [1.29, 1.82) is 0 Å². The smallest absolute Gasteiger partial charge is 0.149 e. The van der Waals surface area contributed by atoms with Gasteiger partial charge in [0.15, 0.2) is 0 Å². The Morgan fingerprint density at radius 2 is 2.25 bits per heavy atom. The van der Waals surface area contributed by atoms with Crippen LogP contribution in [0.3, 0.4) is 0 Å². The summed E-state index contributed by atoms with van der Waals surface area (Å²) in [6.07, 6.45) is 1.10. The highest BCUT2D eigenvalue weighted by Gasteiger charge is 2.15. The predicted molar refractivity (Wildman–Crippen MR) is 42.7 cm³/mol. The van der Waals surface area contributed by atoms with Gasteiger partial charge in [0.25, 0.3) is 0 Å². The van der Waals surface area contributed by atoms with Gasteiger partial charge in [-0.05, 0) is 6.42 Å². The summed E-state index contributed by atoms with van der Waals surface area (Å²) in [7, 11) is 1.59. The lowest BCUT2D eigenvalue weighted by molar-refractivity contribution is -0.125. The van der Waals surface area contributed by atoms with Gasteiger partial charge >= 0.3 is 0 Å². The van der Waals surface area contributed by atoms with Gasteiger partial charge in [-0.1, -0.05) is 0 Å². The van der Waals surface area contributed by atoms with Crippen molar-refractivity contribution >= 4 is 0 Å². The average molecular weight is 176 g/mol. The molecule has 4 nitrogen and oxygen atoms in total. The molecule has 0 bridgehead atoms. The molecule has 1 heterocycles. The number of ether oxygens (including phenoxy) is 4. The Balaban J connectivity index is 1.81. The van der Waals surface area contributed by atoms with Crippen LogP contribution in [0.5, 0.6) is 0 Å². The van der Waals surface area contributed by atoms with Crippen molar-refractivity contribution in [3.63, 3.8) is 0 Å². The molecule has 0 aromatic rings. The first-order chi connectivity index (χ1) is 5.93. The van der Waals surface area contributed by atoms with Gasteiger partial charge in [0.2, 0.25) is 0 Å². The van der Waals surface area contributed by atoms with Crippen LogP contribution in [0, 0.1) is 5.92 Å². The highest BCUT2D eigenvalue weighted by atomic mass is 16.7. The van der Waals surface area contributed by atoms with Gasteiger partial charge in [-0.25, -0.2) is 0 Å². The zero-order valence-corrected chi connectivity index (χ0v) is 7.45. The molecular weight excluding hydrogens is 160 g/mol. The third-order valence-corrected chi connectivity index (χ3v) is 1.75. The molecule has 0 aromatic heterocycles. The summed E-state index contributed by atoms with van der Waals surface area (Å²) in [5.74, 6) is 0.552. The molecule has 0 saturated carbocycles. The van der Waals surface area contributed by atoms with Gasteiger partial charge in [-0.2, -0.15) is 0 Å². The molecule has 1 unspecified atom stereocenters. The van der Waals surface area contributed by atoms with Crippen LogP contribution in [0.15, 0.2) is 0 Å². The van der Waals surface area contributed by atoms with E-state index in [1.54, 1.807) is 7.11 Å². The molecule has 4 heteroatoms. The molecule has 0 amide bonds. The minimum Gasteiger partial charge on any atom is -0.381 e. The Kier molecular flexibility index (Phi) is 5.27. The van der Waals surface area contributed by atoms with E-state index in [1.807, 2.05) is 0 Å². The second-order valence-electron chi connectivity index (χ2n) is 2.83. The maximum Gasteiger partial charge on any atom is 0.149 e. The monoisotopic (exact) mass is 176 g/mol. The first kappa shape index (κ1) is 9.92. The Hall–Kier alpha value is -0.160. The molecule has 1 fully saturated rings. The Bertz CT molecular complexity index is 101. The molecule has 1 aliphatic heterocycles. The Morgan fingerprint density at radius 3 is 2.92 bits per heavy atom. The minimum atomic E-state index is 0.293.